The molecule has 0 saturated carbocycles. The van der Waals surface area contributed by atoms with Gasteiger partial charge in [0, 0.05) is 20.1 Å². The van der Waals surface area contributed by atoms with E-state index in [0.717, 1.165) is 12.5 Å². The van der Waals surface area contributed by atoms with Crippen molar-refractivity contribution in [2.45, 2.75) is 39.2 Å². The van der Waals surface area contributed by atoms with Crippen molar-refractivity contribution < 1.29 is 0 Å². The van der Waals surface area contributed by atoms with Crippen molar-refractivity contribution in [1.29, 1.82) is 0 Å². The van der Waals surface area contributed by atoms with Gasteiger partial charge < -0.3 is 10.6 Å². The maximum atomic E-state index is 5.85. The van der Waals surface area contributed by atoms with Crippen LogP contribution in [0.5, 0.6) is 0 Å². The Bertz CT molecular complexity index is 247. The van der Waals surface area contributed by atoms with Crippen LogP contribution >= 0.6 is 24.0 Å². The molecule has 5 heteroatoms. The molecule has 18 heavy (non-hydrogen) atoms. The van der Waals surface area contributed by atoms with Crippen molar-refractivity contribution >= 4 is 29.9 Å². The Labute approximate surface area is 129 Å². The number of hydrogen-bond acceptors (Lipinski definition) is 2. The van der Waals surface area contributed by atoms with Crippen LogP contribution in [0.15, 0.2) is 4.99 Å². The van der Waals surface area contributed by atoms with Crippen molar-refractivity contribution in [2.24, 2.45) is 16.6 Å². The van der Waals surface area contributed by atoms with Crippen molar-refractivity contribution in [1.82, 2.24) is 9.80 Å². The summed E-state index contributed by atoms with van der Waals surface area (Å²) in [5, 5.41) is 0. The molecule has 0 radical (unpaired) electrons. The number of halogens is 1. The first-order valence-electron chi connectivity index (χ1n) is 6.72. The fraction of sp³-hybridized carbons (Fsp3) is 0.923. The first-order chi connectivity index (χ1) is 8.00. The molecule has 108 valence electrons. The maximum absolute atomic E-state index is 5.85. The minimum atomic E-state index is 0. The fourth-order valence-corrected chi connectivity index (χ4v) is 2.33. The molecule has 1 aliphatic rings. The first-order valence-corrected chi connectivity index (χ1v) is 6.72. The Kier molecular flexibility index (Phi) is 8.94. The van der Waals surface area contributed by atoms with Gasteiger partial charge in [-0.25, -0.2) is 0 Å². The zero-order valence-electron chi connectivity index (χ0n) is 12.2. The Morgan fingerprint density at radius 3 is 2.28 bits per heavy atom. The molecule has 0 aromatic heterocycles. The lowest BCUT2D eigenvalue weighted by Gasteiger charge is -2.28. The van der Waals surface area contributed by atoms with E-state index < -0.39 is 0 Å². The van der Waals surface area contributed by atoms with Crippen LogP contribution in [0.3, 0.4) is 0 Å². The van der Waals surface area contributed by atoms with E-state index in [9.17, 15) is 0 Å². The lowest BCUT2D eigenvalue weighted by molar-refractivity contribution is 0.218. The van der Waals surface area contributed by atoms with E-state index in [-0.39, 0.29) is 24.0 Å². The van der Waals surface area contributed by atoms with Gasteiger partial charge in [-0.2, -0.15) is 0 Å². The molecule has 0 aromatic carbocycles. The largest absolute Gasteiger partial charge is 0.370 e. The highest BCUT2D eigenvalue weighted by Crippen LogP contribution is 2.18. The van der Waals surface area contributed by atoms with Crippen molar-refractivity contribution in [2.75, 3.05) is 33.7 Å². The summed E-state index contributed by atoms with van der Waals surface area (Å²) in [7, 11) is 3.87. The van der Waals surface area contributed by atoms with Gasteiger partial charge in [0.25, 0.3) is 0 Å². The molecule has 1 rings (SSSR count). The standard InChI is InChI=1S/C13H28N4.HI/c1-11(2)9-12(17-7-5-6-8-17)10-15-13(14)16(3)4;/h11-12H,5-10H2,1-4H3,(H2,14,15);1H. The summed E-state index contributed by atoms with van der Waals surface area (Å²) in [6.07, 6.45) is 3.88. The molecular weight excluding hydrogens is 339 g/mol. The van der Waals surface area contributed by atoms with Crippen LogP contribution < -0.4 is 5.73 Å². The van der Waals surface area contributed by atoms with E-state index in [1.165, 1.54) is 32.4 Å². The van der Waals surface area contributed by atoms with Crippen molar-refractivity contribution in [3.63, 3.8) is 0 Å². The van der Waals surface area contributed by atoms with E-state index in [2.05, 4.69) is 23.7 Å². The smallest absolute Gasteiger partial charge is 0.190 e. The van der Waals surface area contributed by atoms with Gasteiger partial charge in [-0.15, -0.1) is 24.0 Å². The van der Waals surface area contributed by atoms with Gasteiger partial charge in [0.05, 0.1) is 6.54 Å². The highest BCUT2D eigenvalue weighted by atomic mass is 127. The molecule has 1 saturated heterocycles. The van der Waals surface area contributed by atoms with Gasteiger partial charge in [0.2, 0.25) is 0 Å². The number of nitrogens with zero attached hydrogens (tertiary/aromatic N) is 3. The molecular formula is C13H29IN4. The Hall–Kier alpha value is -0.0400. The highest BCUT2D eigenvalue weighted by Gasteiger charge is 2.22. The molecule has 0 aliphatic carbocycles. The Morgan fingerprint density at radius 2 is 1.83 bits per heavy atom. The van der Waals surface area contributed by atoms with E-state index in [0.29, 0.717) is 12.0 Å². The summed E-state index contributed by atoms with van der Waals surface area (Å²) in [5.74, 6) is 1.36. The zero-order valence-corrected chi connectivity index (χ0v) is 14.6. The highest BCUT2D eigenvalue weighted by molar-refractivity contribution is 14.0. The second kappa shape index (κ2) is 8.96. The zero-order chi connectivity index (χ0) is 12.8. The lowest BCUT2D eigenvalue weighted by Crippen LogP contribution is -2.38. The third-order valence-electron chi connectivity index (χ3n) is 3.32. The molecule has 0 amide bonds. The number of aliphatic imine (C=N–C) groups is 1. The normalized spacial score (nSPS) is 18.8. The average molecular weight is 368 g/mol. The van der Waals surface area contributed by atoms with Gasteiger partial charge in [0.1, 0.15) is 0 Å². The molecule has 1 heterocycles. The van der Waals surface area contributed by atoms with Gasteiger partial charge in [-0.3, -0.25) is 9.89 Å². The van der Waals surface area contributed by atoms with Crippen molar-refractivity contribution in [3.8, 4) is 0 Å². The van der Waals surface area contributed by atoms with Gasteiger partial charge in [-0.05, 0) is 38.3 Å². The topological polar surface area (TPSA) is 44.9 Å². The van der Waals surface area contributed by atoms with Crippen LogP contribution in [0, 0.1) is 5.92 Å². The summed E-state index contributed by atoms with van der Waals surface area (Å²) in [6.45, 7) is 7.86. The third-order valence-corrected chi connectivity index (χ3v) is 3.32. The van der Waals surface area contributed by atoms with Crippen molar-refractivity contribution in [3.05, 3.63) is 0 Å². The molecule has 0 spiro atoms. The number of likely N-dealkylation sites (tertiary alicyclic amines) is 1. The van der Waals surface area contributed by atoms with Crippen LogP contribution in [0.4, 0.5) is 0 Å². The summed E-state index contributed by atoms with van der Waals surface area (Å²) >= 11 is 0. The fourth-order valence-electron chi connectivity index (χ4n) is 2.33. The lowest BCUT2D eigenvalue weighted by atomic mass is 10.0. The monoisotopic (exact) mass is 368 g/mol. The molecule has 0 aromatic rings. The first kappa shape index (κ1) is 18.0. The molecule has 1 fully saturated rings. The minimum Gasteiger partial charge on any atom is -0.370 e. The summed E-state index contributed by atoms with van der Waals surface area (Å²) in [4.78, 5) is 8.95. The van der Waals surface area contributed by atoms with E-state index in [1.807, 2.05) is 19.0 Å². The predicted octanol–water partition coefficient (Wildman–Crippen LogP) is 1.99. The third kappa shape index (κ3) is 6.22. The minimum absolute atomic E-state index is 0. The Morgan fingerprint density at radius 1 is 1.28 bits per heavy atom. The molecule has 1 atom stereocenters. The van der Waals surface area contributed by atoms with E-state index >= 15 is 0 Å². The molecule has 1 aliphatic heterocycles. The second-order valence-electron chi connectivity index (χ2n) is 5.62. The van der Waals surface area contributed by atoms with Crippen LogP contribution in [-0.2, 0) is 0 Å². The van der Waals surface area contributed by atoms with Gasteiger partial charge >= 0.3 is 0 Å². The van der Waals surface area contributed by atoms with E-state index in [1.54, 1.807) is 0 Å². The summed E-state index contributed by atoms with van der Waals surface area (Å²) in [6, 6.07) is 0.566. The second-order valence-corrected chi connectivity index (χ2v) is 5.62. The SMILES string of the molecule is CC(C)CC(CN=C(N)N(C)C)N1CCCC1.I. The number of guanidine groups is 1. The number of hydrogen-bond donors (Lipinski definition) is 1. The van der Waals surface area contributed by atoms with Gasteiger partial charge in [-0.1, -0.05) is 13.8 Å². The summed E-state index contributed by atoms with van der Waals surface area (Å²) < 4.78 is 0. The molecule has 2 N–H and O–H groups in total. The van der Waals surface area contributed by atoms with Crippen LogP contribution in [0.1, 0.15) is 33.1 Å². The van der Waals surface area contributed by atoms with E-state index in [4.69, 9.17) is 5.73 Å². The quantitative estimate of drug-likeness (QED) is 0.459. The average Bonchev–Trinajstić information content (AvgIpc) is 2.76. The molecule has 4 nitrogen and oxygen atoms in total. The van der Waals surface area contributed by atoms with Crippen LogP contribution in [-0.4, -0.2) is 55.5 Å². The predicted molar refractivity (Wildman–Crippen MR) is 89.6 cm³/mol. The van der Waals surface area contributed by atoms with Gasteiger partial charge in [0.15, 0.2) is 5.96 Å². The summed E-state index contributed by atoms with van der Waals surface area (Å²) in [5.41, 5.74) is 5.85. The Balaban J connectivity index is 0.00000289. The molecule has 0 bridgehead atoms. The molecule has 1 unspecified atom stereocenters. The van der Waals surface area contributed by atoms with Crippen LogP contribution in [0.25, 0.3) is 0 Å². The number of rotatable bonds is 5. The number of nitrogens with two attached hydrogens (primary N) is 1. The maximum Gasteiger partial charge on any atom is 0.190 e. The van der Waals surface area contributed by atoms with Crippen LogP contribution in [0.2, 0.25) is 0 Å².